The second-order valence-corrected chi connectivity index (χ2v) is 7.32. The normalized spacial score (nSPS) is 10.6. The molecule has 0 atom stereocenters. The minimum atomic E-state index is -0.522. The van der Waals surface area contributed by atoms with Gasteiger partial charge in [0.1, 0.15) is 11.9 Å². The zero-order valence-corrected chi connectivity index (χ0v) is 17.2. The highest BCUT2D eigenvalue weighted by Crippen LogP contribution is 2.37. The highest BCUT2D eigenvalue weighted by molar-refractivity contribution is 6.36. The van der Waals surface area contributed by atoms with Gasteiger partial charge in [0.2, 0.25) is 0 Å². The van der Waals surface area contributed by atoms with Crippen molar-refractivity contribution in [2.45, 2.75) is 0 Å². The number of halogens is 3. The Hall–Kier alpha value is -3.40. The molecule has 0 amide bonds. The van der Waals surface area contributed by atoms with E-state index in [1.807, 2.05) is 30.1 Å². The number of nitriles is 1. The van der Waals surface area contributed by atoms with E-state index in [-0.39, 0.29) is 5.02 Å². The molecule has 2 aromatic heterocycles. The average molecular weight is 438 g/mol. The predicted molar refractivity (Wildman–Crippen MR) is 118 cm³/mol. The molecular weight excluding hydrogens is 424 g/mol. The predicted octanol–water partition coefficient (Wildman–Crippen LogP) is 6.46. The lowest BCUT2D eigenvalue weighted by Crippen LogP contribution is -2.10. The standard InChI is InChI=1S/C22H14Cl2FN5/c1-30(15-3-2-6-27-12-15)16-8-17-21(29-14-4-5-20(25)18(23)7-14)13(10-26)11-28-22(17)19(24)9-16/h2-9,11-12H,1H3,(H,28,29). The Bertz CT molecular complexity index is 1290. The average Bonchev–Trinajstić information content (AvgIpc) is 2.76. The molecule has 0 aliphatic heterocycles. The molecule has 0 bridgehead atoms. The topological polar surface area (TPSA) is 64.8 Å². The Morgan fingerprint density at radius 3 is 2.60 bits per heavy atom. The second-order valence-electron chi connectivity index (χ2n) is 6.51. The lowest BCUT2D eigenvalue weighted by atomic mass is 10.1. The smallest absolute Gasteiger partial charge is 0.141 e. The summed E-state index contributed by atoms with van der Waals surface area (Å²) in [5.41, 5.74) is 3.56. The van der Waals surface area contributed by atoms with E-state index >= 15 is 0 Å². The third-order valence-electron chi connectivity index (χ3n) is 4.64. The Balaban J connectivity index is 1.88. The summed E-state index contributed by atoms with van der Waals surface area (Å²) in [5, 5.41) is 13.8. The number of nitrogens with one attached hydrogen (secondary N) is 1. The summed E-state index contributed by atoms with van der Waals surface area (Å²) < 4.78 is 13.5. The Labute approximate surface area is 182 Å². The van der Waals surface area contributed by atoms with Crippen LogP contribution in [0.1, 0.15) is 5.56 Å². The van der Waals surface area contributed by atoms with Crippen molar-refractivity contribution in [3.63, 3.8) is 0 Å². The molecule has 4 rings (SSSR count). The van der Waals surface area contributed by atoms with Gasteiger partial charge in [0.15, 0.2) is 0 Å². The van der Waals surface area contributed by atoms with Gasteiger partial charge >= 0.3 is 0 Å². The first-order valence-electron chi connectivity index (χ1n) is 8.86. The fourth-order valence-electron chi connectivity index (χ4n) is 3.08. The summed E-state index contributed by atoms with van der Waals surface area (Å²) in [4.78, 5) is 10.4. The highest BCUT2D eigenvalue weighted by atomic mass is 35.5. The molecule has 148 valence electrons. The molecule has 2 aromatic carbocycles. The number of anilines is 4. The lowest BCUT2D eigenvalue weighted by Gasteiger charge is -2.21. The third kappa shape index (κ3) is 3.73. The molecule has 1 N–H and O–H groups in total. The van der Waals surface area contributed by atoms with E-state index in [9.17, 15) is 9.65 Å². The van der Waals surface area contributed by atoms with Crippen LogP contribution >= 0.6 is 23.2 Å². The van der Waals surface area contributed by atoms with Crippen LogP contribution in [0, 0.1) is 17.1 Å². The molecule has 0 aliphatic carbocycles. The summed E-state index contributed by atoms with van der Waals surface area (Å²) in [6.07, 6.45) is 4.89. The summed E-state index contributed by atoms with van der Waals surface area (Å²) in [7, 11) is 1.89. The monoisotopic (exact) mass is 437 g/mol. The second kappa shape index (κ2) is 8.15. The number of rotatable bonds is 4. The van der Waals surface area contributed by atoms with Crippen molar-refractivity contribution >= 4 is 56.9 Å². The first kappa shape index (κ1) is 19.9. The molecule has 0 saturated heterocycles. The third-order valence-corrected chi connectivity index (χ3v) is 5.22. The molecule has 0 saturated carbocycles. The van der Waals surface area contributed by atoms with Gasteiger partial charge in [0, 0.05) is 36.2 Å². The van der Waals surface area contributed by atoms with Crippen LogP contribution in [-0.4, -0.2) is 17.0 Å². The van der Waals surface area contributed by atoms with Crippen LogP contribution in [0.5, 0.6) is 0 Å². The maximum atomic E-state index is 13.5. The van der Waals surface area contributed by atoms with Gasteiger partial charge in [-0.15, -0.1) is 0 Å². The molecule has 0 fully saturated rings. The maximum Gasteiger partial charge on any atom is 0.141 e. The van der Waals surface area contributed by atoms with E-state index in [4.69, 9.17) is 23.2 Å². The molecule has 0 aliphatic rings. The number of hydrogen-bond acceptors (Lipinski definition) is 5. The van der Waals surface area contributed by atoms with Crippen molar-refractivity contribution < 1.29 is 4.39 Å². The van der Waals surface area contributed by atoms with Crippen LogP contribution in [-0.2, 0) is 0 Å². The quantitative estimate of drug-likeness (QED) is 0.396. The summed E-state index contributed by atoms with van der Waals surface area (Å²) in [5.74, 6) is -0.522. The van der Waals surface area contributed by atoms with Gasteiger partial charge < -0.3 is 10.2 Å². The van der Waals surface area contributed by atoms with Gasteiger partial charge in [-0.3, -0.25) is 9.97 Å². The Kier molecular flexibility index (Phi) is 5.40. The molecule has 5 nitrogen and oxygen atoms in total. The van der Waals surface area contributed by atoms with Crippen LogP contribution < -0.4 is 10.2 Å². The fraction of sp³-hybridized carbons (Fsp3) is 0.0455. The number of nitrogens with zero attached hydrogens (tertiary/aromatic N) is 4. The number of hydrogen-bond donors (Lipinski definition) is 1. The highest BCUT2D eigenvalue weighted by Gasteiger charge is 2.15. The summed E-state index contributed by atoms with van der Waals surface area (Å²) in [6.45, 7) is 0. The van der Waals surface area contributed by atoms with Crippen molar-refractivity contribution in [3.8, 4) is 6.07 Å². The van der Waals surface area contributed by atoms with Crippen LogP contribution in [0.15, 0.2) is 61.1 Å². The van der Waals surface area contributed by atoms with Crippen molar-refractivity contribution in [2.75, 3.05) is 17.3 Å². The van der Waals surface area contributed by atoms with E-state index in [2.05, 4.69) is 21.4 Å². The van der Waals surface area contributed by atoms with E-state index in [0.717, 1.165) is 11.4 Å². The van der Waals surface area contributed by atoms with E-state index in [0.29, 0.717) is 32.9 Å². The number of benzene rings is 2. The minimum Gasteiger partial charge on any atom is -0.354 e. The molecular formula is C22H14Cl2FN5. The van der Waals surface area contributed by atoms with Gasteiger partial charge in [-0.2, -0.15) is 5.26 Å². The van der Waals surface area contributed by atoms with Gasteiger partial charge in [0.05, 0.1) is 38.7 Å². The largest absolute Gasteiger partial charge is 0.354 e. The van der Waals surface area contributed by atoms with Gasteiger partial charge in [-0.05, 0) is 42.5 Å². The van der Waals surface area contributed by atoms with Crippen molar-refractivity contribution in [3.05, 3.63) is 82.5 Å². The van der Waals surface area contributed by atoms with Crippen LogP contribution in [0.4, 0.5) is 27.1 Å². The van der Waals surface area contributed by atoms with Crippen molar-refractivity contribution in [1.82, 2.24) is 9.97 Å². The molecule has 0 unspecified atom stereocenters. The molecule has 30 heavy (non-hydrogen) atoms. The van der Waals surface area contributed by atoms with Crippen LogP contribution in [0.2, 0.25) is 10.0 Å². The molecule has 8 heteroatoms. The zero-order valence-electron chi connectivity index (χ0n) is 15.7. The Morgan fingerprint density at radius 1 is 1.07 bits per heavy atom. The van der Waals surface area contributed by atoms with Gasteiger partial charge in [0.25, 0.3) is 0 Å². The van der Waals surface area contributed by atoms with E-state index in [1.54, 1.807) is 24.5 Å². The SMILES string of the molecule is CN(c1cccnc1)c1cc(Cl)c2ncc(C#N)c(Nc3ccc(F)c(Cl)c3)c2c1. The lowest BCUT2D eigenvalue weighted by molar-refractivity contribution is 0.628. The minimum absolute atomic E-state index is 0.0214. The Morgan fingerprint density at radius 2 is 1.90 bits per heavy atom. The number of aromatic nitrogens is 2. The number of fused-ring (bicyclic) bond motifs is 1. The zero-order chi connectivity index (χ0) is 21.3. The molecule has 0 spiro atoms. The fourth-order valence-corrected chi connectivity index (χ4v) is 3.52. The van der Waals surface area contributed by atoms with Crippen molar-refractivity contribution in [1.29, 1.82) is 5.26 Å². The first-order chi connectivity index (χ1) is 14.5. The number of pyridine rings is 2. The summed E-state index contributed by atoms with van der Waals surface area (Å²) >= 11 is 12.4. The summed E-state index contributed by atoms with van der Waals surface area (Å²) in [6, 6.07) is 13.8. The molecule has 0 radical (unpaired) electrons. The first-order valence-corrected chi connectivity index (χ1v) is 9.61. The van der Waals surface area contributed by atoms with Gasteiger partial charge in [-0.25, -0.2) is 4.39 Å². The van der Waals surface area contributed by atoms with Crippen LogP contribution in [0.25, 0.3) is 10.9 Å². The molecule has 2 heterocycles. The van der Waals surface area contributed by atoms with E-state index in [1.165, 1.54) is 18.3 Å². The van der Waals surface area contributed by atoms with Gasteiger partial charge in [-0.1, -0.05) is 23.2 Å². The maximum absolute atomic E-state index is 13.5. The molecule has 4 aromatic rings. The van der Waals surface area contributed by atoms with Crippen molar-refractivity contribution in [2.24, 2.45) is 0 Å². The van der Waals surface area contributed by atoms with E-state index < -0.39 is 5.82 Å². The van der Waals surface area contributed by atoms with Crippen LogP contribution in [0.3, 0.4) is 0 Å².